The molecule has 2 aromatic rings. The lowest BCUT2D eigenvalue weighted by Crippen LogP contribution is -2.33. The molecule has 0 aromatic heterocycles. The third kappa shape index (κ3) is 4.14. The van der Waals surface area contributed by atoms with E-state index in [0.717, 1.165) is 11.3 Å². The fourth-order valence-corrected chi connectivity index (χ4v) is 4.03. The van der Waals surface area contributed by atoms with E-state index in [1.807, 2.05) is 30.3 Å². The van der Waals surface area contributed by atoms with Gasteiger partial charge in [-0.25, -0.2) is 8.42 Å². The fraction of sp³-hybridized carbons (Fsp3) is 0.278. The maximum absolute atomic E-state index is 12.2. The van der Waals surface area contributed by atoms with E-state index in [1.54, 1.807) is 24.3 Å². The first-order valence-electron chi connectivity index (χ1n) is 7.82. The molecule has 0 aliphatic carbocycles. The third-order valence-electron chi connectivity index (χ3n) is 3.98. The SMILES string of the molecule is O=C(C[C@H]1CCOc2ccccc21)NS(=O)(=O)Cc1ccccc1. The normalized spacial score (nSPS) is 16.8. The molecule has 6 heteroatoms. The maximum atomic E-state index is 12.2. The topological polar surface area (TPSA) is 72.5 Å². The number of sulfonamides is 1. The van der Waals surface area contributed by atoms with Gasteiger partial charge in [0.2, 0.25) is 15.9 Å². The molecule has 1 aliphatic heterocycles. The number of rotatable bonds is 5. The zero-order valence-electron chi connectivity index (χ0n) is 13.1. The van der Waals surface area contributed by atoms with Crippen LogP contribution >= 0.6 is 0 Å². The number of ether oxygens (including phenoxy) is 1. The van der Waals surface area contributed by atoms with Crippen LogP contribution in [0.4, 0.5) is 0 Å². The number of amides is 1. The van der Waals surface area contributed by atoms with Crippen molar-refractivity contribution in [1.29, 1.82) is 0 Å². The number of hydrogen-bond donors (Lipinski definition) is 1. The second-order valence-corrected chi connectivity index (χ2v) is 7.57. The van der Waals surface area contributed by atoms with Gasteiger partial charge in [-0.3, -0.25) is 9.52 Å². The van der Waals surface area contributed by atoms with Gasteiger partial charge < -0.3 is 4.74 Å². The van der Waals surface area contributed by atoms with Crippen LogP contribution in [0.25, 0.3) is 0 Å². The second kappa shape index (κ2) is 7.05. The van der Waals surface area contributed by atoms with Gasteiger partial charge in [0.25, 0.3) is 0 Å². The Kier molecular flexibility index (Phi) is 4.85. The fourth-order valence-electron chi connectivity index (χ4n) is 2.90. The Hall–Kier alpha value is -2.34. The van der Waals surface area contributed by atoms with Crippen LogP contribution in [-0.4, -0.2) is 20.9 Å². The van der Waals surface area contributed by atoms with E-state index < -0.39 is 15.9 Å². The molecular weight excluding hydrogens is 326 g/mol. The first-order valence-corrected chi connectivity index (χ1v) is 9.48. The Bertz CT molecular complexity index is 818. The second-order valence-electron chi connectivity index (χ2n) is 5.85. The highest BCUT2D eigenvalue weighted by atomic mass is 32.2. The van der Waals surface area contributed by atoms with Crippen molar-refractivity contribution in [2.45, 2.75) is 24.5 Å². The summed E-state index contributed by atoms with van der Waals surface area (Å²) in [6, 6.07) is 16.4. The molecule has 0 saturated carbocycles. The zero-order chi connectivity index (χ0) is 17.0. The quantitative estimate of drug-likeness (QED) is 0.904. The molecule has 0 unspecified atom stereocenters. The molecule has 1 aliphatic rings. The predicted octanol–water partition coefficient (Wildman–Crippen LogP) is 2.59. The predicted molar refractivity (Wildman–Crippen MR) is 91.1 cm³/mol. The monoisotopic (exact) mass is 345 g/mol. The summed E-state index contributed by atoms with van der Waals surface area (Å²) in [5.74, 6) is 0.0624. The van der Waals surface area contributed by atoms with Crippen LogP contribution in [0.2, 0.25) is 0 Å². The summed E-state index contributed by atoms with van der Waals surface area (Å²) >= 11 is 0. The highest BCUT2D eigenvalue weighted by Gasteiger charge is 2.25. The van der Waals surface area contributed by atoms with Gasteiger partial charge in [-0.2, -0.15) is 0 Å². The summed E-state index contributed by atoms with van der Waals surface area (Å²) < 4.78 is 32.0. The average Bonchev–Trinajstić information content (AvgIpc) is 2.55. The lowest BCUT2D eigenvalue weighted by atomic mass is 9.90. The number of carbonyl (C=O) groups is 1. The standard InChI is InChI=1S/C18H19NO4S/c20-18(19-24(21,22)13-14-6-2-1-3-7-14)12-15-10-11-23-17-9-5-4-8-16(15)17/h1-9,15H,10-13H2,(H,19,20)/t15-/m1/s1. The molecule has 1 atom stereocenters. The van der Waals surface area contributed by atoms with Gasteiger partial charge in [0, 0.05) is 6.42 Å². The Labute approximate surface area is 141 Å². The largest absolute Gasteiger partial charge is 0.493 e. The highest BCUT2D eigenvalue weighted by molar-refractivity contribution is 7.89. The lowest BCUT2D eigenvalue weighted by molar-refractivity contribution is -0.119. The highest BCUT2D eigenvalue weighted by Crippen LogP contribution is 2.35. The van der Waals surface area contributed by atoms with Crippen molar-refractivity contribution in [3.63, 3.8) is 0 Å². The van der Waals surface area contributed by atoms with E-state index in [9.17, 15) is 13.2 Å². The first kappa shape index (κ1) is 16.5. The van der Waals surface area contributed by atoms with E-state index in [1.165, 1.54) is 0 Å². The number of benzene rings is 2. The van der Waals surface area contributed by atoms with Crippen molar-refractivity contribution < 1.29 is 17.9 Å². The number of nitrogens with one attached hydrogen (secondary N) is 1. The van der Waals surface area contributed by atoms with Crippen molar-refractivity contribution in [2.24, 2.45) is 0 Å². The smallest absolute Gasteiger partial charge is 0.239 e. The Morgan fingerprint density at radius 3 is 2.58 bits per heavy atom. The summed E-state index contributed by atoms with van der Waals surface area (Å²) in [5, 5.41) is 0. The van der Waals surface area contributed by atoms with Crippen molar-refractivity contribution in [2.75, 3.05) is 6.61 Å². The van der Waals surface area contributed by atoms with E-state index in [4.69, 9.17) is 4.74 Å². The van der Waals surface area contributed by atoms with Crippen LogP contribution in [0, 0.1) is 0 Å². The summed E-state index contributed by atoms with van der Waals surface area (Å²) in [7, 11) is -3.69. The minimum Gasteiger partial charge on any atom is -0.493 e. The van der Waals surface area contributed by atoms with Crippen LogP contribution in [0.15, 0.2) is 54.6 Å². The number of para-hydroxylation sites is 1. The minimum atomic E-state index is -3.69. The molecule has 5 nitrogen and oxygen atoms in total. The van der Waals surface area contributed by atoms with Crippen molar-refractivity contribution in [3.8, 4) is 5.75 Å². The van der Waals surface area contributed by atoms with Gasteiger partial charge in [-0.1, -0.05) is 48.5 Å². The van der Waals surface area contributed by atoms with Gasteiger partial charge in [0.05, 0.1) is 12.4 Å². The number of hydrogen-bond acceptors (Lipinski definition) is 4. The Morgan fingerprint density at radius 2 is 1.79 bits per heavy atom. The molecule has 1 N–H and O–H groups in total. The number of fused-ring (bicyclic) bond motifs is 1. The summed E-state index contributed by atoms with van der Waals surface area (Å²) in [6.45, 7) is 0.533. The van der Waals surface area contributed by atoms with E-state index >= 15 is 0 Å². The van der Waals surface area contributed by atoms with Crippen molar-refractivity contribution >= 4 is 15.9 Å². The Balaban J connectivity index is 1.64. The molecule has 126 valence electrons. The number of carbonyl (C=O) groups excluding carboxylic acids is 1. The molecule has 1 amide bonds. The van der Waals surface area contributed by atoms with E-state index in [0.29, 0.717) is 18.6 Å². The molecule has 0 fully saturated rings. The van der Waals surface area contributed by atoms with E-state index in [2.05, 4.69) is 4.72 Å². The average molecular weight is 345 g/mol. The molecule has 0 saturated heterocycles. The van der Waals surface area contributed by atoms with Crippen molar-refractivity contribution in [3.05, 3.63) is 65.7 Å². The van der Waals surface area contributed by atoms with Crippen LogP contribution in [0.3, 0.4) is 0 Å². The summed E-state index contributed by atoms with van der Waals surface area (Å²) in [5.41, 5.74) is 1.61. The molecule has 0 bridgehead atoms. The van der Waals surface area contributed by atoms with Crippen LogP contribution < -0.4 is 9.46 Å². The minimum absolute atomic E-state index is 0.0260. The summed E-state index contributed by atoms with van der Waals surface area (Å²) in [4.78, 5) is 12.2. The molecule has 0 radical (unpaired) electrons. The van der Waals surface area contributed by atoms with E-state index in [-0.39, 0.29) is 18.1 Å². The zero-order valence-corrected chi connectivity index (χ0v) is 14.0. The molecule has 24 heavy (non-hydrogen) atoms. The van der Waals surface area contributed by atoms with Crippen LogP contribution in [-0.2, 0) is 20.6 Å². The first-order chi connectivity index (χ1) is 11.5. The molecule has 1 heterocycles. The molecular formula is C18H19NO4S. The Morgan fingerprint density at radius 1 is 1.08 bits per heavy atom. The van der Waals surface area contributed by atoms with Gasteiger partial charge >= 0.3 is 0 Å². The third-order valence-corrected chi connectivity index (χ3v) is 5.24. The van der Waals surface area contributed by atoms with Gasteiger partial charge in [-0.05, 0) is 29.5 Å². The van der Waals surface area contributed by atoms with Gasteiger partial charge in [0.15, 0.2) is 0 Å². The van der Waals surface area contributed by atoms with Gasteiger partial charge in [-0.15, -0.1) is 0 Å². The summed E-state index contributed by atoms with van der Waals surface area (Å²) in [6.07, 6.45) is 0.831. The van der Waals surface area contributed by atoms with Crippen LogP contribution in [0.1, 0.15) is 29.9 Å². The van der Waals surface area contributed by atoms with Crippen LogP contribution in [0.5, 0.6) is 5.75 Å². The van der Waals surface area contributed by atoms with Crippen molar-refractivity contribution in [1.82, 2.24) is 4.72 Å². The molecule has 2 aromatic carbocycles. The molecule has 0 spiro atoms. The lowest BCUT2D eigenvalue weighted by Gasteiger charge is -2.25. The molecule has 3 rings (SSSR count). The maximum Gasteiger partial charge on any atom is 0.239 e. The van der Waals surface area contributed by atoms with Gasteiger partial charge in [0.1, 0.15) is 5.75 Å².